The first kappa shape index (κ1) is 22.1. The van der Waals surface area contributed by atoms with E-state index in [4.69, 9.17) is 35.9 Å². The molecule has 1 N–H and O–H groups in total. The van der Waals surface area contributed by atoms with Gasteiger partial charge in [0.1, 0.15) is 0 Å². The molecule has 4 atom stereocenters. The first-order valence-electron chi connectivity index (χ1n) is 8.31. The zero-order valence-electron chi connectivity index (χ0n) is 15.3. The third-order valence-electron chi connectivity index (χ3n) is 3.34. The van der Waals surface area contributed by atoms with Crippen molar-refractivity contribution in [2.75, 3.05) is 13.2 Å². The minimum Gasteiger partial charge on any atom is -0.471 e. The number of hydrogen-bond acceptors (Lipinski definition) is 9. The van der Waals surface area contributed by atoms with Gasteiger partial charge in [-0.15, -0.1) is 0 Å². The second-order valence-electron chi connectivity index (χ2n) is 5.68. The lowest BCUT2D eigenvalue weighted by Gasteiger charge is -2.40. The van der Waals surface area contributed by atoms with Gasteiger partial charge in [0.05, 0.1) is 13.2 Å². The zero-order valence-corrected chi connectivity index (χ0v) is 16.1. The Labute approximate surface area is 157 Å². The number of ether oxygens (including phenoxy) is 5. The summed E-state index contributed by atoms with van der Waals surface area (Å²) in [5.41, 5.74) is 0. The Kier molecular flexibility index (Phi) is 9.28. The number of carbonyl (C=O) groups excluding carboxylic acids is 3. The van der Waals surface area contributed by atoms with Gasteiger partial charge in [0.15, 0.2) is 24.5 Å². The molecule has 1 heterocycles. The van der Waals surface area contributed by atoms with Crippen molar-refractivity contribution < 1.29 is 38.1 Å². The van der Waals surface area contributed by atoms with Crippen LogP contribution in [0.4, 0.5) is 0 Å². The summed E-state index contributed by atoms with van der Waals surface area (Å²) in [6, 6.07) is 0. The molecule has 0 unspecified atom stereocenters. The first-order chi connectivity index (χ1) is 12.2. The molecule has 0 bridgehead atoms. The third-order valence-corrected chi connectivity index (χ3v) is 3.58. The molecule has 1 aliphatic rings. The van der Waals surface area contributed by atoms with E-state index in [1.165, 1.54) is 20.8 Å². The SMILES string of the molecule is CCCCOC(=S)N[C@@H]1OC[C@H](OC(C)=O)[C@@H](OC(C)=O)[C@@H]1OC(C)=O. The summed E-state index contributed by atoms with van der Waals surface area (Å²) in [5, 5.41) is 2.85. The highest BCUT2D eigenvalue weighted by Gasteiger charge is 2.47. The summed E-state index contributed by atoms with van der Waals surface area (Å²) in [4.78, 5) is 34.3. The van der Waals surface area contributed by atoms with Gasteiger partial charge in [-0.05, 0) is 18.6 Å². The molecule has 1 rings (SSSR count). The topological polar surface area (TPSA) is 109 Å². The number of thiocarbonyl (C=S) groups is 1. The van der Waals surface area contributed by atoms with Crippen LogP contribution in [0.3, 0.4) is 0 Å². The van der Waals surface area contributed by atoms with Crippen molar-refractivity contribution in [2.24, 2.45) is 0 Å². The predicted octanol–water partition coefficient (Wildman–Crippen LogP) is 0.829. The summed E-state index contributed by atoms with van der Waals surface area (Å²) in [6.07, 6.45) is -2.22. The maximum atomic E-state index is 11.5. The minimum atomic E-state index is -1.08. The lowest BCUT2D eigenvalue weighted by Crippen LogP contribution is -2.62. The van der Waals surface area contributed by atoms with Crippen LogP contribution in [0.5, 0.6) is 0 Å². The highest BCUT2D eigenvalue weighted by Crippen LogP contribution is 2.23. The summed E-state index contributed by atoms with van der Waals surface area (Å²) in [5.74, 6) is -1.82. The Morgan fingerprint density at radius 1 is 1.04 bits per heavy atom. The molecule has 0 saturated carbocycles. The van der Waals surface area contributed by atoms with Crippen LogP contribution >= 0.6 is 12.2 Å². The Hall–Kier alpha value is -1.94. The van der Waals surface area contributed by atoms with Crippen LogP contribution in [-0.2, 0) is 38.1 Å². The molecule has 0 aromatic heterocycles. The van der Waals surface area contributed by atoms with Crippen LogP contribution in [0.1, 0.15) is 40.5 Å². The molecule has 0 aromatic carbocycles. The van der Waals surface area contributed by atoms with Crippen LogP contribution in [-0.4, -0.2) is 60.8 Å². The van der Waals surface area contributed by atoms with Crippen LogP contribution in [0, 0.1) is 0 Å². The van der Waals surface area contributed by atoms with E-state index >= 15 is 0 Å². The number of carbonyl (C=O) groups is 3. The Morgan fingerprint density at radius 3 is 2.15 bits per heavy atom. The molecule has 0 aromatic rings. The molecule has 1 saturated heterocycles. The lowest BCUT2D eigenvalue weighted by molar-refractivity contribution is -0.228. The molecule has 0 radical (unpaired) electrons. The fraction of sp³-hybridized carbons (Fsp3) is 0.750. The monoisotopic (exact) mass is 391 g/mol. The molecule has 1 aliphatic heterocycles. The van der Waals surface area contributed by atoms with Gasteiger partial charge >= 0.3 is 17.9 Å². The Bertz CT molecular complexity index is 526. The van der Waals surface area contributed by atoms with Gasteiger partial charge in [-0.3, -0.25) is 14.4 Å². The fourth-order valence-electron chi connectivity index (χ4n) is 2.33. The van der Waals surface area contributed by atoms with Gasteiger partial charge in [-0.25, -0.2) is 0 Å². The number of hydrogen-bond donors (Lipinski definition) is 1. The molecular weight excluding hydrogens is 366 g/mol. The zero-order chi connectivity index (χ0) is 19.7. The third kappa shape index (κ3) is 7.52. The maximum Gasteiger partial charge on any atom is 0.303 e. The van der Waals surface area contributed by atoms with Crippen molar-refractivity contribution >= 4 is 35.3 Å². The molecule has 0 aliphatic carbocycles. The van der Waals surface area contributed by atoms with Crippen molar-refractivity contribution in [1.82, 2.24) is 5.32 Å². The normalized spacial score (nSPS) is 24.9. The summed E-state index contributed by atoms with van der Waals surface area (Å²) < 4.78 is 26.5. The van der Waals surface area contributed by atoms with E-state index in [1.807, 2.05) is 6.92 Å². The van der Waals surface area contributed by atoms with Gasteiger partial charge in [-0.2, -0.15) is 0 Å². The van der Waals surface area contributed by atoms with E-state index in [9.17, 15) is 14.4 Å². The molecule has 1 fully saturated rings. The predicted molar refractivity (Wildman–Crippen MR) is 93.0 cm³/mol. The fourth-order valence-corrected chi connectivity index (χ4v) is 2.53. The highest BCUT2D eigenvalue weighted by molar-refractivity contribution is 7.80. The van der Waals surface area contributed by atoms with Crippen molar-refractivity contribution in [3.63, 3.8) is 0 Å². The summed E-state index contributed by atoms with van der Waals surface area (Å²) in [7, 11) is 0. The first-order valence-corrected chi connectivity index (χ1v) is 8.72. The smallest absolute Gasteiger partial charge is 0.303 e. The van der Waals surface area contributed by atoms with Gasteiger partial charge in [-0.1, -0.05) is 13.3 Å². The van der Waals surface area contributed by atoms with Crippen molar-refractivity contribution in [3.05, 3.63) is 0 Å². The van der Waals surface area contributed by atoms with E-state index in [0.717, 1.165) is 12.8 Å². The van der Waals surface area contributed by atoms with E-state index < -0.39 is 42.4 Å². The second kappa shape index (κ2) is 10.9. The van der Waals surface area contributed by atoms with Crippen LogP contribution in [0.2, 0.25) is 0 Å². The van der Waals surface area contributed by atoms with Gasteiger partial charge in [0.2, 0.25) is 0 Å². The Morgan fingerprint density at radius 2 is 1.62 bits per heavy atom. The number of unbranched alkanes of at least 4 members (excludes halogenated alkanes) is 1. The molecule has 10 heteroatoms. The van der Waals surface area contributed by atoms with Gasteiger partial charge in [0, 0.05) is 20.8 Å². The lowest BCUT2D eigenvalue weighted by atomic mass is 10.0. The van der Waals surface area contributed by atoms with E-state index in [1.54, 1.807) is 0 Å². The van der Waals surface area contributed by atoms with E-state index in [2.05, 4.69) is 5.32 Å². The largest absolute Gasteiger partial charge is 0.471 e. The van der Waals surface area contributed by atoms with E-state index in [-0.39, 0.29) is 11.8 Å². The molecule has 148 valence electrons. The van der Waals surface area contributed by atoms with Crippen molar-refractivity contribution in [3.8, 4) is 0 Å². The Balaban J connectivity index is 2.91. The van der Waals surface area contributed by atoms with Crippen molar-refractivity contribution in [2.45, 2.75) is 65.1 Å². The second-order valence-corrected chi connectivity index (χ2v) is 6.05. The van der Waals surface area contributed by atoms with Crippen LogP contribution in [0.25, 0.3) is 0 Å². The van der Waals surface area contributed by atoms with Crippen LogP contribution < -0.4 is 5.32 Å². The number of esters is 3. The number of nitrogens with one attached hydrogen (secondary N) is 1. The minimum absolute atomic E-state index is 0.0631. The average Bonchev–Trinajstić information content (AvgIpc) is 2.52. The summed E-state index contributed by atoms with van der Waals surface area (Å²) in [6.45, 7) is 5.98. The van der Waals surface area contributed by atoms with Crippen LogP contribution in [0.15, 0.2) is 0 Å². The molecule has 9 nitrogen and oxygen atoms in total. The van der Waals surface area contributed by atoms with Gasteiger partial charge in [0.25, 0.3) is 5.17 Å². The highest BCUT2D eigenvalue weighted by atomic mass is 32.1. The van der Waals surface area contributed by atoms with Crippen molar-refractivity contribution in [1.29, 1.82) is 0 Å². The molecule has 26 heavy (non-hydrogen) atoms. The average molecular weight is 391 g/mol. The molecular formula is C16H25NO8S. The number of rotatable bonds is 7. The molecule has 0 spiro atoms. The summed E-state index contributed by atoms with van der Waals surface area (Å²) >= 11 is 5.09. The molecule has 0 amide bonds. The quantitative estimate of drug-likeness (QED) is 0.290. The van der Waals surface area contributed by atoms with E-state index in [0.29, 0.717) is 6.61 Å². The standard InChI is InChI=1S/C16H25NO8S/c1-5-6-7-21-16(26)17-15-14(25-11(4)20)13(24-10(3)19)12(8-22-15)23-9(2)18/h12-15H,5-8H2,1-4H3,(H,17,26)/t12-,13+,14-,15+/m0/s1. The van der Waals surface area contributed by atoms with Gasteiger partial charge < -0.3 is 29.0 Å². The maximum absolute atomic E-state index is 11.5.